The molecule has 0 radical (unpaired) electrons. The second kappa shape index (κ2) is 14.7. The zero-order valence-electron chi connectivity index (χ0n) is 23.2. The Kier molecular flexibility index (Phi) is 11.3. The molecule has 0 bridgehead atoms. The number of nitrogens with one attached hydrogen (secondary N) is 3. The number of sulfonamides is 1. The number of anilines is 1. The van der Waals surface area contributed by atoms with Crippen LogP contribution in [0.1, 0.15) is 49.7 Å². The highest BCUT2D eigenvalue weighted by Crippen LogP contribution is 2.36. The summed E-state index contributed by atoms with van der Waals surface area (Å²) >= 11 is 6.10. The number of aliphatic hydroxyl groups is 1. The fourth-order valence-corrected chi connectivity index (χ4v) is 6.72. The van der Waals surface area contributed by atoms with E-state index in [1.165, 1.54) is 6.07 Å². The minimum absolute atomic E-state index is 0.0389. The molecule has 2 aromatic rings. The summed E-state index contributed by atoms with van der Waals surface area (Å²) < 4.78 is 48.4. The average molecular weight is 608 g/mol. The van der Waals surface area contributed by atoms with Gasteiger partial charge in [0, 0.05) is 55.0 Å². The van der Waals surface area contributed by atoms with Crippen LogP contribution in [0.25, 0.3) is 0 Å². The molecule has 0 saturated carbocycles. The summed E-state index contributed by atoms with van der Waals surface area (Å²) in [7, 11) is -3.58. The quantitative estimate of drug-likeness (QED) is 0.226. The third kappa shape index (κ3) is 9.59. The van der Waals surface area contributed by atoms with E-state index in [9.17, 15) is 18.3 Å². The second-order valence-electron chi connectivity index (χ2n) is 10.9. The summed E-state index contributed by atoms with van der Waals surface area (Å²) in [6, 6.07) is 11.6. The molecule has 1 aliphatic carbocycles. The Morgan fingerprint density at radius 2 is 1.83 bits per heavy atom. The second-order valence-corrected chi connectivity index (χ2v) is 13.2. The summed E-state index contributed by atoms with van der Waals surface area (Å²) in [5.74, 6) is -0.461. The summed E-state index contributed by atoms with van der Waals surface area (Å²) in [6.07, 6.45) is 4.99. The number of benzene rings is 2. The lowest BCUT2D eigenvalue weighted by Gasteiger charge is -2.30. The van der Waals surface area contributed by atoms with Gasteiger partial charge in [0.15, 0.2) is 0 Å². The van der Waals surface area contributed by atoms with Crippen LogP contribution in [0.5, 0.6) is 0 Å². The van der Waals surface area contributed by atoms with E-state index in [1.807, 2.05) is 24.3 Å². The van der Waals surface area contributed by atoms with Gasteiger partial charge in [-0.3, -0.25) is 4.79 Å². The maximum atomic E-state index is 15.1. The normalized spacial score (nSPS) is 18.1. The fraction of sp³-hybridized carbons (Fsp3) is 0.500. The van der Waals surface area contributed by atoms with Crippen molar-refractivity contribution in [3.05, 3.63) is 76.6 Å². The van der Waals surface area contributed by atoms with Crippen LogP contribution in [0.2, 0.25) is 5.02 Å². The monoisotopic (exact) mass is 607 g/mol. The topological polar surface area (TPSA) is 117 Å². The molecular formula is C30H39ClFN3O5S. The van der Waals surface area contributed by atoms with Crippen molar-refractivity contribution in [2.45, 2.75) is 62.3 Å². The van der Waals surface area contributed by atoms with E-state index in [0.29, 0.717) is 36.0 Å². The SMILES string of the molecule is CC(O)CNC[C@H](CCc1c(F)cccc1NC(=O)CC(c1ccc(Cl)cc1)C1CCOCC1)NS(=O)(=O)C1C=C1. The summed E-state index contributed by atoms with van der Waals surface area (Å²) in [5.41, 5.74) is 1.72. The van der Waals surface area contributed by atoms with Crippen molar-refractivity contribution in [2.75, 3.05) is 31.6 Å². The molecule has 2 aliphatic rings. The van der Waals surface area contributed by atoms with E-state index in [2.05, 4.69) is 15.4 Å². The molecule has 0 spiro atoms. The van der Waals surface area contributed by atoms with E-state index in [4.69, 9.17) is 16.3 Å². The number of amides is 1. The van der Waals surface area contributed by atoms with Gasteiger partial charge in [0.1, 0.15) is 11.1 Å². The molecule has 4 rings (SSSR count). The van der Waals surface area contributed by atoms with Crippen LogP contribution in [0.15, 0.2) is 54.6 Å². The highest BCUT2D eigenvalue weighted by Gasteiger charge is 2.31. The van der Waals surface area contributed by atoms with Crippen LogP contribution in [-0.4, -0.2) is 63.1 Å². The van der Waals surface area contributed by atoms with Crippen LogP contribution >= 0.6 is 11.6 Å². The molecule has 4 N–H and O–H groups in total. The minimum Gasteiger partial charge on any atom is -0.392 e. The zero-order valence-corrected chi connectivity index (χ0v) is 24.8. The van der Waals surface area contributed by atoms with Crippen LogP contribution in [-0.2, 0) is 26.0 Å². The van der Waals surface area contributed by atoms with Crippen molar-refractivity contribution in [3.63, 3.8) is 0 Å². The Labute approximate surface area is 246 Å². The number of rotatable bonds is 15. The molecule has 41 heavy (non-hydrogen) atoms. The predicted molar refractivity (Wildman–Crippen MR) is 159 cm³/mol. The Morgan fingerprint density at radius 1 is 1.12 bits per heavy atom. The smallest absolute Gasteiger partial charge is 0.225 e. The number of hydrogen-bond acceptors (Lipinski definition) is 6. The van der Waals surface area contributed by atoms with E-state index >= 15 is 4.39 Å². The van der Waals surface area contributed by atoms with Gasteiger partial charge in [-0.1, -0.05) is 42.0 Å². The molecule has 1 aliphatic heterocycles. The Morgan fingerprint density at radius 3 is 2.49 bits per heavy atom. The van der Waals surface area contributed by atoms with Crippen LogP contribution in [0.4, 0.5) is 10.1 Å². The first kappa shape index (κ1) is 31.6. The zero-order chi connectivity index (χ0) is 29.4. The molecule has 1 saturated heterocycles. The van der Waals surface area contributed by atoms with Crippen molar-refractivity contribution in [2.24, 2.45) is 5.92 Å². The van der Waals surface area contributed by atoms with Crippen molar-refractivity contribution >= 4 is 33.2 Å². The number of aliphatic hydroxyl groups excluding tert-OH is 1. The average Bonchev–Trinajstić information content (AvgIpc) is 3.79. The van der Waals surface area contributed by atoms with Gasteiger partial charge in [0.05, 0.1) is 6.10 Å². The van der Waals surface area contributed by atoms with Crippen LogP contribution in [0, 0.1) is 11.7 Å². The number of halogens is 2. The van der Waals surface area contributed by atoms with Crippen LogP contribution in [0.3, 0.4) is 0 Å². The van der Waals surface area contributed by atoms with Gasteiger partial charge in [0.2, 0.25) is 15.9 Å². The van der Waals surface area contributed by atoms with Gasteiger partial charge in [-0.15, -0.1) is 0 Å². The largest absolute Gasteiger partial charge is 0.392 e. The van der Waals surface area contributed by atoms with Crippen molar-refractivity contribution in [1.82, 2.24) is 10.0 Å². The molecule has 2 unspecified atom stereocenters. The van der Waals surface area contributed by atoms with Crippen molar-refractivity contribution in [3.8, 4) is 0 Å². The number of hydrogen-bond donors (Lipinski definition) is 4. The summed E-state index contributed by atoms with van der Waals surface area (Å²) in [5, 5.41) is 15.6. The van der Waals surface area contributed by atoms with Gasteiger partial charge in [0.25, 0.3) is 0 Å². The molecule has 0 aromatic heterocycles. The number of carbonyl (C=O) groups is 1. The maximum Gasteiger partial charge on any atom is 0.225 e. The lowest BCUT2D eigenvalue weighted by atomic mass is 9.79. The summed E-state index contributed by atoms with van der Waals surface area (Å²) in [4.78, 5) is 13.4. The molecule has 1 amide bonds. The van der Waals surface area contributed by atoms with Gasteiger partial charge in [-0.05, 0) is 74.3 Å². The van der Waals surface area contributed by atoms with Crippen LogP contribution < -0.4 is 15.4 Å². The van der Waals surface area contributed by atoms with Gasteiger partial charge < -0.3 is 20.5 Å². The first-order valence-corrected chi connectivity index (χ1v) is 16.0. The standard InChI is InChI=1S/C30H39ClFN3O5S/c1-20(36)18-33-19-24(35-41(38,39)25-10-11-25)9-12-26-28(32)3-2-4-29(26)34-30(37)17-27(22-13-15-40-16-14-22)21-5-7-23(31)8-6-21/h2-8,10-11,20,22,24-25,27,33,35-36H,9,12-19H2,1H3,(H,34,37)/t20?,24-,27?/m0/s1. The molecular weight excluding hydrogens is 569 g/mol. The third-order valence-corrected chi connectivity index (χ3v) is 9.49. The number of carbonyl (C=O) groups excluding carboxylic acids is 1. The molecule has 8 nitrogen and oxygen atoms in total. The highest BCUT2D eigenvalue weighted by molar-refractivity contribution is 7.90. The van der Waals surface area contributed by atoms with E-state index in [1.54, 1.807) is 31.2 Å². The number of ether oxygens (including phenoxy) is 1. The van der Waals surface area contributed by atoms with Gasteiger partial charge >= 0.3 is 0 Å². The maximum absolute atomic E-state index is 15.1. The Hall–Kier alpha value is -2.34. The Bertz CT molecular complexity index is 1290. The first-order valence-electron chi connectivity index (χ1n) is 14.1. The lowest BCUT2D eigenvalue weighted by Crippen LogP contribution is -2.45. The Balaban J connectivity index is 1.45. The fourth-order valence-electron chi connectivity index (χ4n) is 5.27. The summed E-state index contributed by atoms with van der Waals surface area (Å²) in [6.45, 7) is 3.49. The molecule has 224 valence electrons. The van der Waals surface area contributed by atoms with Crippen molar-refractivity contribution < 1.29 is 27.4 Å². The molecule has 1 heterocycles. The minimum atomic E-state index is -3.58. The molecule has 3 atom stereocenters. The lowest BCUT2D eigenvalue weighted by molar-refractivity contribution is -0.117. The first-order chi connectivity index (χ1) is 19.6. The van der Waals surface area contributed by atoms with Crippen molar-refractivity contribution in [1.29, 1.82) is 0 Å². The molecule has 11 heteroatoms. The van der Waals surface area contributed by atoms with E-state index < -0.39 is 33.2 Å². The molecule has 2 aromatic carbocycles. The molecule has 1 fully saturated rings. The predicted octanol–water partition coefficient (Wildman–Crippen LogP) is 4.15. The van der Waals surface area contributed by atoms with E-state index in [-0.39, 0.29) is 43.6 Å². The highest BCUT2D eigenvalue weighted by atomic mass is 35.5. The third-order valence-electron chi connectivity index (χ3n) is 7.54. The van der Waals surface area contributed by atoms with Gasteiger partial charge in [-0.25, -0.2) is 17.5 Å². The van der Waals surface area contributed by atoms with Gasteiger partial charge in [-0.2, -0.15) is 0 Å². The van der Waals surface area contributed by atoms with E-state index in [0.717, 1.165) is 18.4 Å².